The van der Waals surface area contributed by atoms with Crippen LogP contribution in [0.15, 0.2) is 42.5 Å². The van der Waals surface area contributed by atoms with Gasteiger partial charge in [0.25, 0.3) is 0 Å². The van der Waals surface area contributed by atoms with Gasteiger partial charge >= 0.3 is 0 Å². The van der Waals surface area contributed by atoms with Crippen LogP contribution in [0.5, 0.6) is 17.2 Å². The molecule has 0 N–H and O–H groups in total. The second-order valence-electron chi connectivity index (χ2n) is 7.23. The lowest BCUT2D eigenvalue weighted by atomic mass is 9.86. The number of rotatable bonds is 5. The van der Waals surface area contributed by atoms with Gasteiger partial charge in [-0.25, -0.2) is 0 Å². The average molecular weight is 365 g/mol. The topological polar surface area (TPSA) is 30.9 Å². The zero-order valence-corrected chi connectivity index (χ0v) is 16.3. The molecule has 1 fully saturated rings. The molecule has 0 spiro atoms. The van der Waals surface area contributed by atoms with Gasteiger partial charge in [-0.05, 0) is 72.3 Å². The predicted octanol–water partition coefficient (Wildman–Crippen LogP) is 4.49. The summed E-state index contributed by atoms with van der Waals surface area (Å²) in [6.07, 6.45) is 3.68. The Morgan fingerprint density at radius 3 is 2.26 bits per heavy atom. The fraction of sp³-hybridized carbons (Fsp3) is 0.391. The van der Waals surface area contributed by atoms with Gasteiger partial charge in [0.2, 0.25) is 0 Å². The SMILES string of the molecule is COc1ccc(C2=C(c3ccc(OC)c(OC)c3)CN3CCC[C@@H]3C2)cc1. The molecule has 2 aliphatic heterocycles. The zero-order chi connectivity index (χ0) is 18.8. The molecule has 1 atom stereocenters. The Hall–Kier alpha value is -2.46. The normalized spacial score (nSPS) is 19.7. The fourth-order valence-electron chi connectivity index (χ4n) is 4.37. The molecule has 4 heteroatoms. The van der Waals surface area contributed by atoms with E-state index in [1.165, 1.54) is 41.7 Å². The quantitative estimate of drug-likeness (QED) is 0.781. The fourth-order valence-corrected chi connectivity index (χ4v) is 4.37. The summed E-state index contributed by atoms with van der Waals surface area (Å²) < 4.78 is 16.3. The van der Waals surface area contributed by atoms with Crippen LogP contribution in [0.3, 0.4) is 0 Å². The molecule has 0 radical (unpaired) electrons. The lowest BCUT2D eigenvalue weighted by molar-refractivity contribution is 0.280. The summed E-state index contributed by atoms with van der Waals surface area (Å²) in [4.78, 5) is 2.62. The summed E-state index contributed by atoms with van der Waals surface area (Å²) in [5.41, 5.74) is 5.32. The van der Waals surface area contributed by atoms with E-state index in [1.54, 1.807) is 21.3 Å². The summed E-state index contributed by atoms with van der Waals surface area (Å²) in [5.74, 6) is 2.44. The molecule has 0 bridgehead atoms. The minimum absolute atomic E-state index is 0.658. The van der Waals surface area contributed by atoms with Gasteiger partial charge in [0, 0.05) is 12.6 Å². The summed E-state index contributed by atoms with van der Waals surface area (Å²) in [6, 6.07) is 15.4. The second-order valence-corrected chi connectivity index (χ2v) is 7.23. The molecular weight excluding hydrogens is 338 g/mol. The molecule has 27 heavy (non-hydrogen) atoms. The van der Waals surface area contributed by atoms with Crippen LogP contribution < -0.4 is 14.2 Å². The van der Waals surface area contributed by atoms with E-state index in [0.717, 1.165) is 30.2 Å². The molecular formula is C23H27NO3. The van der Waals surface area contributed by atoms with E-state index in [2.05, 4.69) is 41.3 Å². The Bertz CT molecular complexity index is 841. The summed E-state index contributed by atoms with van der Waals surface area (Å²) in [7, 11) is 5.08. The Morgan fingerprint density at radius 2 is 1.56 bits per heavy atom. The molecule has 2 aliphatic rings. The lowest BCUT2D eigenvalue weighted by Gasteiger charge is -2.34. The largest absolute Gasteiger partial charge is 0.497 e. The molecule has 2 aromatic carbocycles. The van der Waals surface area contributed by atoms with Gasteiger partial charge in [0.1, 0.15) is 5.75 Å². The molecule has 0 aromatic heterocycles. The van der Waals surface area contributed by atoms with Crippen molar-refractivity contribution in [3.05, 3.63) is 53.6 Å². The highest BCUT2D eigenvalue weighted by atomic mass is 16.5. The number of methoxy groups -OCH3 is 3. The van der Waals surface area contributed by atoms with Crippen LogP contribution in [0.1, 0.15) is 30.4 Å². The minimum Gasteiger partial charge on any atom is -0.497 e. The lowest BCUT2D eigenvalue weighted by Crippen LogP contribution is -2.35. The number of benzene rings is 2. The first-order chi connectivity index (χ1) is 13.2. The van der Waals surface area contributed by atoms with Gasteiger partial charge in [-0.3, -0.25) is 4.90 Å². The van der Waals surface area contributed by atoms with Crippen LogP contribution >= 0.6 is 0 Å². The molecule has 0 unspecified atom stereocenters. The van der Waals surface area contributed by atoms with E-state index >= 15 is 0 Å². The van der Waals surface area contributed by atoms with Crippen LogP contribution in [-0.4, -0.2) is 45.4 Å². The van der Waals surface area contributed by atoms with Crippen molar-refractivity contribution in [2.45, 2.75) is 25.3 Å². The van der Waals surface area contributed by atoms with Crippen molar-refractivity contribution in [1.29, 1.82) is 0 Å². The highest BCUT2D eigenvalue weighted by Crippen LogP contribution is 2.41. The summed E-state index contributed by atoms with van der Waals surface area (Å²) >= 11 is 0. The van der Waals surface area contributed by atoms with Gasteiger partial charge in [-0.2, -0.15) is 0 Å². The molecule has 4 rings (SSSR count). The van der Waals surface area contributed by atoms with Crippen molar-refractivity contribution < 1.29 is 14.2 Å². The number of fused-ring (bicyclic) bond motifs is 1. The molecule has 0 amide bonds. The van der Waals surface area contributed by atoms with E-state index in [1.807, 2.05) is 6.07 Å². The van der Waals surface area contributed by atoms with E-state index in [4.69, 9.17) is 14.2 Å². The number of nitrogens with zero attached hydrogens (tertiary/aromatic N) is 1. The van der Waals surface area contributed by atoms with E-state index < -0.39 is 0 Å². The maximum Gasteiger partial charge on any atom is 0.161 e. The van der Waals surface area contributed by atoms with Gasteiger partial charge in [0.05, 0.1) is 21.3 Å². The Kier molecular flexibility index (Phi) is 5.08. The van der Waals surface area contributed by atoms with Gasteiger partial charge in [0.15, 0.2) is 11.5 Å². The van der Waals surface area contributed by atoms with Crippen molar-refractivity contribution in [3.8, 4) is 17.2 Å². The van der Waals surface area contributed by atoms with Gasteiger partial charge in [-0.15, -0.1) is 0 Å². The molecule has 142 valence electrons. The third-order valence-electron chi connectivity index (χ3n) is 5.83. The Morgan fingerprint density at radius 1 is 0.815 bits per heavy atom. The van der Waals surface area contributed by atoms with Gasteiger partial charge in [-0.1, -0.05) is 18.2 Å². The Labute approximate surface area is 161 Å². The van der Waals surface area contributed by atoms with Crippen molar-refractivity contribution in [1.82, 2.24) is 4.90 Å². The molecule has 1 saturated heterocycles. The van der Waals surface area contributed by atoms with Crippen LogP contribution in [-0.2, 0) is 0 Å². The summed E-state index contributed by atoms with van der Waals surface area (Å²) in [6.45, 7) is 2.18. The summed E-state index contributed by atoms with van der Waals surface area (Å²) in [5, 5.41) is 0. The monoisotopic (exact) mass is 365 g/mol. The van der Waals surface area contributed by atoms with Crippen LogP contribution in [0, 0.1) is 0 Å². The highest BCUT2D eigenvalue weighted by Gasteiger charge is 2.32. The smallest absolute Gasteiger partial charge is 0.161 e. The minimum atomic E-state index is 0.658. The first kappa shape index (κ1) is 17.9. The standard InChI is InChI=1S/C23H27NO3/c1-25-19-9-6-16(7-10-19)20-14-18-5-4-12-24(18)15-21(20)17-8-11-22(26-2)23(13-17)27-3/h6-11,13,18H,4-5,12,14-15H2,1-3H3/t18-/m1/s1. The van der Waals surface area contributed by atoms with Gasteiger partial charge < -0.3 is 14.2 Å². The number of hydrogen-bond acceptors (Lipinski definition) is 4. The maximum absolute atomic E-state index is 5.55. The van der Waals surface area contributed by atoms with Crippen molar-refractivity contribution in [3.63, 3.8) is 0 Å². The van der Waals surface area contributed by atoms with Crippen molar-refractivity contribution in [2.24, 2.45) is 0 Å². The molecule has 0 saturated carbocycles. The predicted molar refractivity (Wildman–Crippen MR) is 109 cm³/mol. The average Bonchev–Trinajstić information content (AvgIpc) is 3.20. The van der Waals surface area contributed by atoms with E-state index in [-0.39, 0.29) is 0 Å². The van der Waals surface area contributed by atoms with Crippen molar-refractivity contribution in [2.75, 3.05) is 34.4 Å². The van der Waals surface area contributed by atoms with Crippen molar-refractivity contribution >= 4 is 11.1 Å². The Balaban J connectivity index is 1.80. The van der Waals surface area contributed by atoms with E-state index in [0.29, 0.717) is 6.04 Å². The van der Waals surface area contributed by atoms with Crippen LogP contribution in [0.4, 0.5) is 0 Å². The van der Waals surface area contributed by atoms with E-state index in [9.17, 15) is 0 Å². The van der Waals surface area contributed by atoms with Crippen LogP contribution in [0.25, 0.3) is 11.1 Å². The maximum atomic E-state index is 5.55. The molecule has 2 heterocycles. The number of hydrogen-bond donors (Lipinski definition) is 0. The first-order valence-corrected chi connectivity index (χ1v) is 9.56. The second kappa shape index (κ2) is 7.65. The number of ether oxygens (including phenoxy) is 3. The molecule has 0 aliphatic carbocycles. The third kappa shape index (κ3) is 3.42. The first-order valence-electron chi connectivity index (χ1n) is 9.56. The highest BCUT2D eigenvalue weighted by molar-refractivity contribution is 5.93. The zero-order valence-electron chi connectivity index (χ0n) is 16.3. The van der Waals surface area contributed by atoms with Crippen LogP contribution in [0.2, 0.25) is 0 Å². The third-order valence-corrected chi connectivity index (χ3v) is 5.83. The molecule has 4 nitrogen and oxygen atoms in total. The molecule has 2 aromatic rings.